The Hall–Kier alpha value is -4.31. The Bertz CT molecular complexity index is 1380. The second-order valence-electron chi connectivity index (χ2n) is 7.56. The van der Waals surface area contributed by atoms with E-state index in [2.05, 4.69) is 0 Å². The van der Waals surface area contributed by atoms with Gasteiger partial charge in [0.1, 0.15) is 0 Å². The van der Waals surface area contributed by atoms with Crippen molar-refractivity contribution in [2.45, 2.75) is 0 Å². The molecule has 1 amide bonds. The first-order valence-corrected chi connectivity index (χ1v) is 10.5. The van der Waals surface area contributed by atoms with Gasteiger partial charge in [-0.1, -0.05) is 78.9 Å². The summed E-state index contributed by atoms with van der Waals surface area (Å²) in [6.45, 7) is 0. The van der Waals surface area contributed by atoms with Crippen LogP contribution in [0.25, 0.3) is 33.5 Å². The SMILES string of the molecule is CN(C(=O)c1ccc2nc(-c3ccccc3)c(-c3ccccc3)nc2c1)c1ccccc1. The van der Waals surface area contributed by atoms with Gasteiger partial charge in [-0.25, -0.2) is 9.97 Å². The van der Waals surface area contributed by atoms with Crippen molar-refractivity contribution in [1.82, 2.24) is 9.97 Å². The highest BCUT2D eigenvalue weighted by atomic mass is 16.2. The number of carbonyl (C=O) groups is 1. The van der Waals surface area contributed by atoms with E-state index in [9.17, 15) is 4.79 Å². The van der Waals surface area contributed by atoms with E-state index in [1.807, 2.05) is 109 Å². The summed E-state index contributed by atoms with van der Waals surface area (Å²) in [6.07, 6.45) is 0. The number of nitrogens with zero attached hydrogens (tertiary/aromatic N) is 3. The predicted octanol–water partition coefficient (Wildman–Crippen LogP) is 6.24. The van der Waals surface area contributed by atoms with Crippen LogP contribution in [0.2, 0.25) is 0 Å². The van der Waals surface area contributed by atoms with Crippen molar-refractivity contribution in [2.75, 3.05) is 11.9 Å². The highest BCUT2D eigenvalue weighted by Gasteiger charge is 2.17. The van der Waals surface area contributed by atoms with Crippen LogP contribution in [0.1, 0.15) is 10.4 Å². The third kappa shape index (κ3) is 3.74. The highest BCUT2D eigenvalue weighted by molar-refractivity contribution is 6.07. The molecule has 0 fully saturated rings. The molecule has 0 saturated carbocycles. The Kier molecular flexibility index (Phi) is 5.18. The highest BCUT2D eigenvalue weighted by Crippen LogP contribution is 2.31. The Morgan fingerprint density at radius 2 is 1.12 bits per heavy atom. The first kappa shape index (κ1) is 19.6. The maximum Gasteiger partial charge on any atom is 0.258 e. The molecule has 1 aromatic heterocycles. The van der Waals surface area contributed by atoms with Crippen molar-refractivity contribution in [3.05, 3.63) is 115 Å². The van der Waals surface area contributed by atoms with Crippen LogP contribution in [0.15, 0.2) is 109 Å². The molecule has 32 heavy (non-hydrogen) atoms. The molecule has 0 saturated heterocycles. The van der Waals surface area contributed by atoms with Crippen molar-refractivity contribution in [3.63, 3.8) is 0 Å². The quantitative estimate of drug-likeness (QED) is 0.349. The lowest BCUT2D eigenvalue weighted by atomic mass is 10.0. The smallest absolute Gasteiger partial charge is 0.258 e. The van der Waals surface area contributed by atoms with Gasteiger partial charge in [-0.2, -0.15) is 0 Å². The number of hydrogen-bond acceptors (Lipinski definition) is 3. The average molecular weight is 415 g/mol. The summed E-state index contributed by atoms with van der Waals surface area (Å²) in [7, 11) is 1.78. The number of anilines is 1. The zero-order valence-corrected chi connectivity index (χ0v) is 17.6. The molecule has 1 heterocycles. The number of amides is 1. The summed E-state index contributed by atoms with van der Waals surface area (Å²) in [4.78, 5) is 24.7. The molecule has 5 rings (SSSR count). The van der Waals surface area contributed by atoms with E-state index in [1.165, 1.54) is 0 Å². The molecule has 0 aliphatic carbocycles. The molecule has 0 unspecified atom stereocenters. The third-order valence-electron chi connectivity index (χ3n) is 5.45. The molecule has 0 radical (unpaired) electrons. The zero-order valence-electron chi connectivity index (χ0n) is 17.6. The van der Waals surface area contributed by atoms with Crippen molar-refractivity contribution < 1.29 is 4.79 Å². The summed E-state index contributed by atoms with van der Waals surface area (Å²) >= 11 is 0. The van der Waals surface area contributed by atoms with Gasteiger partial charge in [-0.3, -0.25) is 4.79 Å². The van der Waals surface area contributed by atoms with E-state index >= 15 is 0 Å². The second-order valence-corrected chi connectivity index (χ2v) is 7.56. The van der Waals surface area contributed by atoms with Gasteiger partial charge in [0.2, 0.25) is 0 Å². The molecule has 0 atom stereocenters. The summed E-state index contributed by atoms with van der Waals surface area (Å²) < 4.78 is 0. The summed E-state index contributed by atoms with van der Waals surface area (Å²) in [5.41, 5.74) is 6.47. The van der Waals surface area contributed by atoms with Gasteiger partial charge in [0.15, 0.2) is 0 Å². The van der Waals surface area contributed by atoms with Crippen molar-refractivity contribution in [1.29, 1.82) is 0 Å². The van der Waals surface area contributed by atoms with Gasteiger partial charge in [0, 0.05) is 29.4 Å². The molecular formula is C28H21N3O. The summed E-state index contributed by atoms with van der Waals surface area (Å²) in [5, 5.41) is 0. The van der Waals surface area contributed by atoms with Crippen LogP contribution in [-0.4, -0.2) is 22.9 Å². The maximum absolute atomic E-state index is 13.1. The van der Waals surface area contributed by atoms with Gasteiger partial charge in [0.25, 0.3) is 5.91 Å². The van der Waals surface area contributed by atoms with Gasteiger partial charge < -0.3 is 4.90 Å². The zero-order chi connectivity index (χ0) is 21.9. The minimum atomic E-state index is -0.0895. The largest absolute Gasteiger partial charge is 0.311 e. The van der Waals surface area contributed by atoms with E-state index in [0.29, 0.717) is 11.1 Å². The molecule has 4 aromatic carbocycles. The van der Waals surface area contributed by atoms with Crippen LogP contribution in [0, 0.1) is 0 Å². The number of aromatic nitrogens is 2. The Morgan fingerprint density at radius 3 is 1.69 bits per heavy atom. The lowest BCUT2D eigenvalue weighted by Gasteiger charge is -2.17. The molecule has 0 aliphatic heterocycles. The van der Waals surface area contributed by atoms with Gasteiger partial charge in [-0.05, 0) is 30.3 Å². The number of hydrogen-bond donors (Lipinski definition) is 0. The third-order valence-corrected chi connectivity index (χ3v) is 5.45. The molecular weight excluding hydrogens is 394 g/mol. The van der Waals surface area contributed by atoms with E-state index in [1.54, 1.807) is 11.9 Å². The van der Waals surface area contributed by atoms with Crippen LogP contribution in [0.3, 0.4) is 0 Å². The summed E-state index contributed by atoms with van der Waals surface area (Å²) in [6, 6.07) is 35.2. The van der Waals surface area contributed by atoms with Crippen molar-refractivity contribution in [2.24, 2.45) is 0 Å². The molecule has 0 N–H and O–H groups in total. The Balaban J connectivity index is 1.63. The van der Waals surface area contributed by atoms with Gasteiger partial charge >= 0.3 is 0 Å². The van der Waals surface area contributed by atoms with E-state index < -0.39 is 0 Å². The first-order valence-electron chi connectivity index (χ1n) is 10.5. The Morgan fingerprint density at radius 1 is 0.625 bits per heavy atom. The second kappa shape index (κ2) is 8.44. The standard InChI is InChI=1S/C28H21N3O/c1-31(23-15-9-4-10-16-23)28(32)22-17-18-24-25(19-22)30-27(21-13-7-3-8-14-21)26(29-24)20-11-5-2-6-12-20/h2-19H,1H3. The molecule has 0 aliphatic rings. The fourth-order valence-corrected chi connectivity index (χ4v) is 3.74. The fourth-order valence-electron chi connectivity index (χ4n) is 3.74. The fraction of sp³-hybridized carbons (Fsp3) is 0.0357. The van der Waals surface area contributed by atoms with E-state index in [0.717, 1.165) is 33.7 Å². The molecule has 154 valence electrons. The number of fused-ring (bicyclic) bond motifs is 1. The normalized spacial score (nSPS) is 10.8. The first-order chi connectivity index (χ1) is 15.7. The summed E-state index contributed by atoms with van der Waals surface area (Å²) in [5.74, 6) is -0.0895. The Labute approximate surface area is 186 Å². The molecule has 4 heteroatoms. The van der Waals surface area contributed by atoms with Gasteiger partial charge in [0.05, 0.1) is 22.4 Å². The number of benzene rings is 4. The van der Waals surface area contributed by atoms with Crippen molar-refractivity contribution in [3.8, 4) is 22.5 Å². The average Bonchev–Trinajstić information content (AvgIpc) is 2.88. The minimum absolute atomic E-state index is 0.0895. The minimum Gasteiger partial charge on any atom is -0.311 e. The number of carbonyl (C=O) groups excluding carboxylic acids is 1. The maximum atomic E-state index is 13.1. The van der Waals surface area contributed by atoms with Crippen LogP contribution in [0.5, 0.6) is 0 Å². The molecule has 0 spiro atoms. The van der Waals surface area contributed by atoms with Crippen molar-refractivity contribution >= 4 is 22.6 Å². The molecule has 4 nitrogen and oxygen atoms in total. The predicted molar refractivity (Wildman–Crippen MR) is 130 cm³/mol. The van der Waals surface area contributed by atoms with Gasteiger partial charge in [-0.15, -0.1) is 0 Å². The van der Waals surface area contributed by atoms with Crippen LogP contribution in [-0.2, 0) is 0 Å². The van der Waals surface area contributed by atoms with E-state index in [4.69, 9.17) is 9.97 Å². The van der Waals surface area contributed by atoms with Crippen LogP contribution < -0.4 is 4.90 Å². The number of rotatable bonds is 4. The molecule has 5 aromatic rings. The monoisotopic (exact) mass is 415 g/mol. The topological polar surface area (TPSA) is 46.1 Å². The molecule has 0 bridgehead atoms. The lowest BCUT2D eigenvalue weighted by molar-refractivity contribution is 0.0993. The van der Waals surface area contributed by atoms with E-state index in [-0.39, 0.29) is 5.91 Å². The van der Waals surface area contributed by atoms with Crippen LogP contribution in [0.4, 0.5) is 5.69 Å². The van der Waals surface area contributed by atoms with Crippen LogP contribution >= 0.6 is 0 Å². The lowest BCUT2D eigenvalue weighted by Crippen LogP contribution is -2.26. The number of para-hydroxylation sites is 1.